The number of benzene rings is 1. The molecule has 0 radical (unpaired) electrons. The van der Waals surface area contributed by atoms with E-state index in [2.05, 4.69) is 22.6 Å². The summed E-state index contributed by atoms with van der Waals surface area (Å²) in [5.41, 5.74) is 1.12. The van der Waals surface area contributed by atoms with Gasteiger partial charge in [0.1, 0.15) is 0 Å². The summed E-state index contributed by atoms with van der Waals surface area (Å²) in [4.78, 5) is 0. The lowest BCUT2D eigenvalue weighted by atomic mass is 10.1. The molecule has 0 N–H and O–H groups in total. The van der Waals surface area contributed by atoms with Crippen LogP contribution >= 0.6 is 34.2 Å². The van der Waals surface area contributed by atoms with Gasteiger partial charge in [-0.15, -0.1) is 0 Å². The van der Waals surface area contributed by atoms with Gasteiger partial charge in [0.15, 0.2) is 0 Å². The van der Waals surface area contributed by atoms with Gasteiger partial charge in [0, 0.05) is 15.0 Å². The van der Waals surface area contributed by atoms with E-state index in [0.29, 0.717) is 6.10 Å². The summed E-state index contributed by atoms with van der Waals surface area (Å²) in [5, 5.41) is 0.815. The molecule has 0 aliphatic heterocycles. The number of rotatable bonds is 4. The highest BCUT2D eigenvalue weighted by molar-refractivity contribution is 14.1. The molecule has 1 aliphatic rings. The second kappa shape index (κ2) is 4.81. The van der Waals surface area contributed by atoms with Gasteiger partial charge in [0.25, 0.3) is 0 Å². The normalized spacial score (nSPS) is 18.1. The second-order valence-corrected chi connectivity index (χ2v) is 4.79. The molecule has 2 rings (SSSR count). The van der Waals surface area contributed by atoms with Gasteiger partial charge in [-0.25, -0.2) is 0 Å². The van der Waals surface area contributed by atoms with Crippen molar-refractivity contribution in [3.05, 3.63) is 34.9 Å². The summed E-state index contributed by atoms with van der Waals surface area (Å²) in [5.74, 6) is 0. The van der Waals surface area contributed by atoms with E-state index in [0.717, 1.165) is 15.0 Å². The van der Waals surface area contributed by atoms with E-state index >= 15 is 0 Å². The van der Waals surface area contributed by atoms with Crippen LogP contribution in [0.15, 0.2) is 24.3 Å². The molecule has 0 saturated heterocycles. The minimum atomic E-state index is 0.164. The van der Waals surface area contributed by atoms with Gasteiger partial charge < -0.3 is 4.74 Å². The van der Waals surface area contributed by atoms with Gasteiger partial charge in [-0.05, 0) is 18.9 Å². The van der Waals surface area contributed by atoms with Crippen molar-refractivity contribution in [2.75, 3.05) is 4.43 Å². The van der Waals surface area contributed by atoms with Crippen molar-refractivity contribution in [2.45, 2.75) is 25.0 Å². The standard InChI is InChI=1S/C11H12ClIO/c12-10-4-2-1-3-9(10)11(7-13)14-8-5-6-8/h1-4,8,11H,5-7H2. The molecule has 0 aromatic heterocycles. The Hall–Kier alpha value is 0.200. The largest absolute Gasteiger partial charge is 0.369 e. The number of ether oxygens (including phenoxy) is 1. The molecule has 0 heterocycles. The second-order valence-electron chi connectivity index (χ2n) is 3.50. The number of halogens is 2. The molecule has 1 nitrogen and oxygen atoms in total. The third-order valence-corrected chi connectivity index (χ3v) is 3.42. The lowest BCUT2D eigenvalue weighted by Crippen LogP contribution is -2.07. The monoisotopic (exact) mass is 322 g/mol. The van der Waals surface area contributed by atoms with Crippen molar-refractivity contribution >= 4 is 34.2 Å². The first-order valence-corrected chi connectivity index (χ1v) is 6.67. The van der Waals surface area contributed by atoms with Crippen molar-refractivity contribution in [1.82, 2.24) is 0 Å². The zero-order valence-corrected chi connectivity index (χ0v) is 10.7. The van der Waals surface area contributed by atoms with Gasteiger partial charge in [-0.2, -0.15) is 0 Å². The van der Waals surface area contributed by atoms with Crippen LogP contribution < -0.4 is 0 Å². The van der Waals surface area contributed by atoms with E-state index in [1.54, 1.807) is 0 Å². The number of alkyl halides is 1. The Bertz CT molecular complexity index is 312. The van der Waals surface area contributed by atoms with Crippen LogP contribution in [0.5, 0.6) is 0 Å². The van der Waals surface area contributed by atoms with Crippen LogP contribution in [0.4, 0.5) is 0 Å². The van der Waals surface area contributed by atoms with Crippen molar-refractivity contribution in [1.29, 1.82) is 0 Å². The molecular formula is C11H12ClIO. The average Bonchev–Trinajstić information content (AvgIpc) is 2.99. The zero-order chi connectivity index (χ0) is 9.97. The Morgan fingerprint density at radius 1 is 1.43 bits per heavy atom. The maximum Gasteiger partial charge on any atom is 0.0932 e. The molecule has 1 aliphatic carbocycles. The van der Waals surface area contributed by atoms with E-state index < -0.39 is 0 Å². The van der Waals surface area contributed by atoms with Crippen LogP contribution in [0.3, 0.4) is 0 Å². The molecule has 3 heteroatoms. The van der Waals surface area contributed by atoms with E-state index in [4.69, 9.17) is 16.3 Å². The number of hydrogen-bond acceptors (Lipinski definition) is 1. The van der Waals surface area contributed by atoms with E-state index in [9.17, 15) is 0 Å². The molecular weight excluding hydrogens is 310 g/mol. The predicted octanol–water partition coefficient (Wildman–Crippen LogP) is 4.00. The molecule has 1 unspecified atom stereocenters. The van der Waals surface area contributed by atoms with E-state index in [1.807, 2.05) is 24.3 Å². The lowest BCUT2D eigenvalue weighted by molar-refractivity contribution is 0.0571. The highest BCUT2D eigenvalue weighted by atomic mass is 127. The maximum absolute atomic E-state index is 6.12. The van der Waals surface area contributed by atoms with Gasteiger partial charge in [0.2, 0.25) is 0 Å². The Morgan fingerprint density at radius 2 is 2.14 bits per heavy atom. The first kappa shape index (κ1) is 10.7. The fourth-order valence-electron chi connectivity index (χ4n) is 1.37. The van der Waals surface area contributed by atoms with E-state index in [-0.39, 0.29) is 6.10 Å². The van der Waals surface area contributed by atoms with Crippen LogP contribution in [0.25, 0.3) is 0 Å². The Kier molecular flexibility index (Phi) is 3.68. The third kappa shape index (κ3) is 2.61. The van der Waals surface area contributed by atoms with Crippen molar-refractivity contribution < 1.29 is 4.74 Å². The molecule has 1 fully saturated rings. The van der Waals surface area contributed by atoms with E-state index in [1.165, 1.54) is 12.8 Å². The fourth-order valence-corrected chi connectivity index (χ4v) is 2.30. The molecule has 0 amide bonds. The number of hydrogen-bond donors (Lipinski definition) is 0. The topological polar surface area (TPSA) is 9.23 Å². The first-order chi connectivity index (χ1) is 6.81. The maximum atomic E-state index is 6.12. The molecule has 0 bridgehead atoms. The SMILES string of the molecule is Clc1ccccc1C(CI)OC1CC1. The molecule has 1 aromatic carbocycles. The van der Waals surface area contributed by atoms with Crippen LogP contribution in [-0.2, 0) is 4.74 Å². The fraction of sp³-hybridized carbons (Fsp3) is 0.455. The quantitative estimate of drug-likeness (QED) is 0.601. The first-order valence-electron chi connectivity index (χ1n) is 4.77. The van der Waals surface area contributed by atoms with Crippen LogP contribution in [0.1, 0.15) is 24.5 Å². The van der Waals surface area contributed by atoms with Crippen LogP contribution in [-0.4, -0.2) is 10.5 Å². The molecule has 76 valence electrons. The zero-order valence-electron chi connectivity index (χ0n) is 7.75. The smallest absolute Gasteiger partial charge is 0.0932 e. The van der Waals surface area contributed by atoms with Crippen molar-refractivity contribution in [3.8, 4) is 0 Å². The Labute approximate surface area is 103 Å². The van der Waals surface area contributed by atoms with Crippen molar-refractivity contribution in [2.24, 2.45) is 0 Å². The summed E-state index contributed by atoms with van der Waals surface area (Å²) in [6, 6.07) is 7.93. The minimum absolute atomic E-state index is 0.164. The van der Waals surface area contributed by atoms with Gasteiger partial charge in [-0.1, -0.05) is 52.4 Å². The van der Waals surface area contributed by atoms with Gasteiger partial charge in [0.05, 0.1) is 12.2 Å². The summed E-state index contributed by atoms with van der Waals surface area (Å²) >= 11 is 8.47. The van der Waals surface area contributed by atoms with Crippen LogP contribution in [0, 0.1) is 0 Å². The molecule has 0 spiro atoms. The highest BCUT2D eigenvalue weighted by Crippen LogP contribution is 2.34. The summed E-state index contributed by atoms with van der Waals surface area (Å²) in [6.07, 6.45) is 3.05. The summed E-state index contributed by atoms with van der Waals surface area (Å²) in [7, 11) is 0. The molecule has 14 heavy (non-hydrogen) atoms. The minimum Gasteiger partial charge on any atom is -0.369 e. The lowest BCUT2D eigenvalue weighted by Gasteiger charge is -2.16. The van der Waals surface area contributed by atoms with Gasteiger partial charge in [-0.3, -0.25) is 0 Å². The third-order valence-electron chi connectivity index (χ3n) is 2.27. The molecule has 1 saturated carbocycles. The molecule has 1 aromatic rings. The Morgan fingerprint density at radius 3 is 2.71 bits per heavy atom. The summed E-state index contributed by atoms with van der Waals surface area (Å²) in [6.45, 7) is 0. The summed E-state index contributed by atoms with van der Waals surface area (Å²) < 4.78 is 6.84. The molecule has 1 atom stereocenters. The van der Waals surface area contributed by atoms with Crippen molar-refractivity contribution in [3.63, 3.8) is 0 Å². The highest BCUT2D eigenvalue weighted by Gasteiger charge is 2.27. The Balaban J connectivity index is 2.12. The van der Waals surface area contributed by atoms with Crippen LogP contribution in [0.2, 0.25) is 5.02 Å². The predicted molar refractivity (Wildman–Crippen MR) is 67.2 cm³/mol. The average molecular weight is 323 g/mol. The van der Waals surface area contributed by atoms with Gasteiger partial charge >= 0.3 is 0 Å².